The Bertz CT molecular complexity index is 613. The highest BCUT2D eigenvalue weighted by Gasteiger charge is 2.25. The molecule has 0 unspecified atom stereocenters. The molecule has 1 saturated carbocycles. The van der Waals surface area contributed by atoms with Crippen LogP contribution in [0.25, 0.3) is 11.0 Å². The van der Waals surface area contributed by atoms with Crippen LogP contribution >= 0.6 is 0 Å². The molecule has 0 atom stereocenters. The van der Waals surface area contributed by atoms with E-state index in [0.717, 1.165) is 36.1 Å². The summed E-state index contributed by atoms with van der Waals surface area (Å²) < 4.78 is 1.84. The van der Waals surface area contributed by atoms with Crippen molar-refractivity contribution in [3.63, 3.8) is 0 Å². The topological polar surface area (TPSA) is 59.8 Å². The van der Waals surface area contributed by atoms with Crippen LogP contribution in [-0.2, 0) is 6.54 Å². The van der Waals surface area contributed by atoms with Crippen LogP contribution in [0.15, 0.2) is 12.3 Å². The average molecular weight is 244 g/mol. The summed E-state index contributed by atoms with van der Waals surface area (Å²) in [5, 5.41) is 8.16. The molecule has 1 fully saturated rings. The smallest absolute Gasteiger partial charge is 0.253 e. The van der Waals surface area contributed by atoms with Gasteiger partial charge in [-0.2, -0.15) is 5.10 Å². The molecule has 2 aromatic rings. The maximum Gasteiger partial charge on any atom is 0.253 e. The molecule has 94 valence electrons. The van der Waals surface area contributed by atoms with E-state index in [1.54, 1.807) is 6.20 Å². The van der Waals surface area contributed by atoms with Gasteiger partial charge in [0.05, 0.1) is 17.5 Å². The molecule has 1 amide bonds. The number of carbonyl (C=O) groups excluding carboxylic acids is 1. The lowest BCUT2D eigenvalue weighted by Gasteiger charge is -2.07. The minimum Gasteiger partial charge on any atom is -0.349 e. The summed E-state index contributed by atoms with van der Waals surface area (Å²) >= 11 is 0. The van der Waals surface area contributed by atoms with Crippen molar-refractivity contribution in [3.8, 4) is 0 Å². The van der Waals surface area contributed by atoms with E-state index >= 15 is 0 Å². The quantitative estimate of drug-likeness (QED) is 0.893. The number of carbonyl (C=O) groups is 1. The predicted molar refractivity (Wildman–Crippen MR) is 68.4 cm³/mol. The summed E-state index contributed by atoms with van der Waals surface area (Å²) in [5.41, 5.74) is 2.26. The molecular weight excluding hydrogens is 228 g/mol. The van der Waals surface area contributed by atoms with Gasteiger partial charge in [0.2, 0.25) is 0 Å². The average Bonchev–Trinajstić information content (AvgIpc) is 3.07. The zero-order chi connectivity index (χ0) is 12.7. The van der Waals surface area contributed by atoms with Gasteiger partial charge >= 0.3 is 0 Å². The SMILES string of the molecule is CCn1ncc2cc(C(=O)NC3CC3)c(C)nc21. The van der Waals surface area contributed by atoms with E-state index in [4.69, 9.17) is 0 Å². The lowest BCUT2D eigenvalue weighted by molar-refractivity contribution is 0.0950. The fraction of sp³-hybridized carbons (Fsp3) is 0.462. The number of rotatable bonds is 3. The molecule has 2 heterocycles. The Labute approximate surface area is 105 Å². The Morgan fingerprint density at radius 3 is 3.00 bits per heavy atom. The summed E-state index contributed by atoms with van der Waals surface area (Å²) in [4.78, 5) is 16.6. The number of pyridine rings is 1. The summed E-state index contributed by atoms with van der Waals surface area (Å²) in [6, 6.07) is 2.25. The second-order valence-corrected chi connectivity index (χ2v) is 4.74. The van der Waals surface area contributed by atoms with Crippen molar-refractivity contribution in [2.75, 3.05) is 0 Å². The summed E-state index contributed by atoms with van der Waals surface area (Å²) in [6.07, 6.45) is 3.95. The molecule has 5 heteroatoms. The normalized spacial score (nSPS) is 15.0. The highest BCUT2D eigenvalue weighted by atomic mass is 16.1. The number of aromatic nitrogens is 3. The number of amides is 1. The zero-order valence-electron chi connectivity index (χ0n) is 10.6. The van der Waals surface area contributed by atoms with Gasteiger partial charge in [-0.1, -0.05) is 0 Å². The van der Waals surface area contributed by atoms with Crippen LogP contribution in [0.1, 0.15) is 35.8 Å². The summed E-state index contributed by atoms with van der Waals surface area (Å²) in [7, 11) is 0. The van der Waals surface area contributed by atoms with Crippen LogP contribution in [0, 0.1) is 6.92 Å². The second kappa shape index (κ2) is 4.08. The number of nitrogens with one attached hydrogen (secondary N) is 1. The van der Waals surface area contributed by atoms with Crippen molar-refractivity contribution in [1.82, 2.24) is 20.1 Å². The van der Waals surface area contributed by atoms with Crippen LogP contribution in [0.5, 0.6) is 0 Å². The lowest BCUT2D eigenvalue weighted by Crippen LogP contribution is -2.26. The van der Waals surface area contributed by atoms with Gasteiger partial charge in [0.1, 0.15) is 0 Å². The Morgan fingerprint density at radius 1 is 1.56 bits per heavy atom. The lowest BCUT2D eigenvalue weighted by atomic mass is 10.1. The Morgan fingerprint density at radius 2 is 2.33 bits per heavy atom. The van der Waals surface area contributed by atoms with E-state index in [-0.39, 0.29) is 5.91 Å². The number of hydrogen-bond donors (Lipinski definition) is 1. The van der Waals surface area contributed by atoms with E-state index in [9.17, 15) is 4.79 Å². The second-order valence-electron chi connectivity index (χ2n) is 4.74. The van der Waals surface area contributed by atoms with E-state index < -0.39 is 0 Å². The first kappa shape index (κ1) is 11.2. The van der Waals surface area contributed by atoms with Crippen molar-refractivity contribution in [2.24, 2.45) is 0 Å². The van der Waals surface area contributed by atoms with Gasteiger partial charge in [0.15, 0.2) is 5.65 Å². The molecule has 0 saturated heterocycles. The Balaban J connectivity index is 2.01. The molecule has 18 heavy (non-hydrogen) atoms. The first-order valence-corrected chi connectivity index (χ1v) is 6.33. The largest absolute Gasteiger partial charge is 0.349 e. The van der Waals surface area contributed by atoms with E-state index in [2.05, 4.69) is 15.4 Å². The minimum absolute atomic E-state index is 0.0198. The fourth-order valence-electron chi connectivity index (χ4n) is 2.05. The third-order valence-electron chi connectivity index (χ3n) is 3.26. The van der Waals surface area contributed by atoms with E-state index in [1.807, 2.05) is 24.6 Å². The van der Waals surface area contributed by atoms with Gasteiger partial charge in [-0.15, -0.1) is 0 Å². The monoisotopic (exact) mass is 244 g/mol. The molecule has 1 aliphatic rings. The molecule has 0 bridgehead atoms. The van der Waals surface area contributed by atoms with Crippen LogP contribution in [0.3, 0.4) is 0 Å². The zero-order valence-corrected chi connectivity index (χ0v) is 10.6. The maximum absolute atomic E-state index is 12.1. The van der Waals surface area contributed by atoms with Crippen molar-refractivity contribution in [2.45, 2.75) is 39.3 Å². The number of nitrogens with zero attached hydrogens (tertiary/aromatic N) is 3. The van der Waals surface area contributed by atoms with Gasteiger partial charge in [-0.3, -0.25) is 4.79 Å². The van der Waals surface area contributed by atoms with E-state index in [0.29, 0.717) is 11.6 Å². The molecule has 0 aromatic carbocycles. The third-order valence-corrected chi connectivity index (χ3v) is 3.26. The predicted octanol–water partition coefficient (Wildman–Crippen LogP) is 1.65. The van der Waals surface area contributed by atoms with Gasteiger partial charge in [-0.05, 0) is 32.8 Å². The van der Waals surface area contributed by atoms with Gasteiger partial charge in [-0.25, -0.2) is 9.67 Å². The van der Waals surface area contributed by atoms with E-state index in [1.165, 1.54) is 0 Å². The van der Waals surface area contributed by atoms with Crippen molar-refractivity contribution in [1.29, 1.82) is 0 Å². The maximum atomic E-state index is 12.1. The fourth-order valence-corrected chi connectivity index (χ4v) is 2.05. The number of hydrogen-bond acceptors (Lipinski definition) is 3. The molecule has 1 aliphatic carbocycles. The van der Waals surface area contributed by atoms with Crippen molar-refractivity contribution < 1.29 is 4.79 Å². The van der Waals surface area contributed by atoms with Crippen molar-refractivity contribution in [3.05, 3.63) is 23.5 Å². The molecule has 0 radical (unpaired) electrons. The van der Waals surface area contributed by atoms with Crippen molar-refractivity contribution >= 4 is 16.9 Å². The van der Waals surface area contributed by atoms with Crippen LogP contribution < -0.4 is 5.32 Å². The van der Waals surface area contributed by atoms with Gasteiger partial charge in [0, 0.05) is 18.0 Å². The van der Waals surface area contributed by atoms with Crippen LogP contribution in [0.4, 0.5) is 0 Å². The first-order chi connectivity index (χ1) is 8.69. The first-order valence-electron chi connectivity index (χ1n) is 6.33. The van der Waals surface area contributed by atoms with Gasteiger partial charge in [0.25, 0.3) is 5.91 Å². The molecule has 2 aromatic heterocycles. The third kappa shape index (κ3) is 1.85. The molecular formula is C13H16N4O. The summed E-state index contributed by atoms with van der Waals surface area (Å²) in [5.74, 6) is -0.0198. The number of fused-ring (bicyclic) bond motifs is 1. The molecule has 1 N–H and O–H groups in total. The standard InChI is InChI=1S/C13H16N4O/c1-3-17-12-9(7-14-17)6-11(8(2)15-12)13(18)16-10-4-5-10/h6-7,10H,3-5H2,1-2H3,(H,16,18). The summed E-state index contributed by atoms with van der Waals surface area (Å²) in [6.45, 7) is 4.68. The molecule has 0 aliphatic heterocycles. The number of aryl methyl sites for hydroxylation is 2. The minimum atomic E-state index is -0.0198. The van der Waals surface area contributed by atoms with Crippen LogP contribution in [-0.4, -0.2) is 26.7 Å². The Hall–Kier alpha value is -1.91. The highest BCUT2D eigenvalue weighted by molar-refractivity contribution is 5.98. The highest BCUT2D eigenvalue weighted by Crippen LogP contribution is 2.21. The molecule has 0 spiro atoms. The van der Waals surface area contributed by atoms with Crippen LogP contribution in [0.2, 0.25) is 0 Å². The molecule has 5 nitrogen and oxygen atoms in total. The Kier molecular flexibility index (Phi) is 2.54. The molecule has 3 rings (SSSR count). The van der Waals surface area contributed by atoms with Gasteiger partial charge < -0.3 is 5.32 Å².